The van der Waals surface area contributed by atoms with E-state index in [1.54, 1.807) is 24.3 Å². The molecule has 2 aromatic carbocycles. The van der Waals surface area contributed by atoms with Crippen LogP contribution in [0, 0.1) is 10.1 Å². The van der Waals surface area contributed by atoms with E-state index in [2.05, 4.69) is 0 Å². The van der Waals surface area contributed by atoms with Crippen LogP contribution in [0.3, 0.4) is 0 Å². The lowest BCUT2D eigenvalue weighted by molar-refractivity contribution is -0.384. The summed E-state index contributed by atoms with van der Waals surface area (Å²) in [5, 5.41) is 10.8. The number of nitrogens with zero attached hydrogens (tertiary/aromatic N) is 1. The molecule has 114 valence electrons. The first-order chi connectivity index (χ1) is 10.5. The van der Waals surface area contributed by atoms with Crippen LogP contribution in [0.4, 0.5) is 5.69 Å². The van der Waals surface area contributed by atoms with E-state index in [9.17, 15) is 14.9 Å². The normalized spacial score (nSPS) is 9.91. The number of benzene rings is 2. The van der Waals surface area contributed by atoms with Gasteiger partial charge in [0.25, 0.3) is 5.69 Å². The van der Waals surface area contributed by atoms with Crippen molar-refractivity contribution in [1.29, 1.82) is 0 Å². The van der Waals surface area contributed by atoms with Gasteiger partial charge in [0.05, 0.1) is 19.1 Å². The molecule has 0 aromatic heterocycles. The number of carbonyl (C=O) groups excluding carboxylic acids is 1. The SMILES string of the molecule is COc1ccc(OC(=O)c2cc([N+](=O)[O-])ccc2OC)cc1. The van der Waals surface area contributed by atoms with Gasteiger partial charge in [0.15, 0.2) is 0 Å². The molecule has 0 aliphatic carbocycles. The zero-order valence-electron chi connectivity index (χ0n) is 11.9. The minimum Gasteiger partial charge on any atom is -0.497 e. The van der Waals surface area contributed by atoms with Crippen molar-refractivity contribution in [2.75, 3.05) is 14.2 Å². The predicted octanol–water partition coefficient (Wildman–Crippen LogP) is 2.83. The third-order valence-electron chi connectivity index (χ3n) is 2.88. The Kier molecular flexibility index (Phi) is 4.57. The van der Waals surface area contributed by atoms with Crippen LogP contribution in [0.2, 0.25) is 0 Å². The summed E-state index contributed by atoms with van der Waals surface area (Å²) in [6, 6.07) is 10.1. The summed E-state index contributed by atoms with van der Waals surface area (Å²) in [6.45, 7) is 0. The molecule has 0 radical (unpaired) electrons. The van der Waals surface area contributed by atoms with Gasteiger partial charge in [0.2, 0.25) is 0 Å². The fraction of sp³-hybridized carbons (Fsp3) is 0.133. The fourth-order valence-electron chi connectivity index (χ4n) is 1.77. The number of hydrogen-bond acceptors (Lipinski definition) is 6. The molecule has 0 unspecified atom stereocenters. The van der Waals surface area contributed by atoms with E-state index in [1.807, 2.05) is 0 Å². The second-order valence-corrected chi connectivity index (χ2v) is 4.21. The van der Waals surface area contributed by atoms with E-state index in [0.29, 0.717) is 11.5 Å². The van der Waals surface area contributed by atoms with Gasteiger partial charge in [0, 0.05) is 12.1 Å². The smallest absolute Gasteiger partial charge is 0.347 e. The lowest BCUT2D eigenvalue weighted by Gasteiger charge is -2.08. The van der Waals surface area contributed by atoms with E-state index >= 15 is 0 Å². The molecule has 2 rings (SSSR count). The van der Waals surface area contributed by atoms with Crippen LogP contribution in [0.15, 0.2) is 42.5 Å². The molecule has 0 N–H and O–H groups in total. The minimum absolute atomic E-state index is 0.0208. The van der Waals surface area contributed by atoms with Crippen molar-refractivity contribution in [2.45, 2.75) is 0 Å². The molecule has 0 atom stereocenters. The van der Waals surface area contributed by atoms with Gasteiger partial charge in [-0.2, -0.15) is 0 Å². The van der Waals surface area contributed by atoms with Crippen molar-refractivity contribution in [3.8, 4) is 17.2 Å². The van der Waals surface area contributed by atoms with Crippen LogP contribution in [-0.4, -0.2) is 25.1 Å². The third-order valence-corrected chi connectivity index (χ3v) is 2.88. The van der Waals surface area contributed by atoms with Crippen molar-refractivity contribution in [2.24, 2.45) is 0 Å². The number of carbonyl (C=O) groups is 1. The molecule has 0 aliphatic heterocycles. The van der Waals surface area contributed by atoms with Gasteiger partial charge < -0.3 is 14.2 Å². The van der Waals surface area contributed by atoms with Crippen molar-refractivity contribution >= 4 is 11.7 Å². The maximum absolute atomic E-state index is 12.2. The molecule has 0 heterocycles. The monoisotopic (exact) mass is 303 g/mol. The highest BCUT2D eigenvalue weighted by molar-refractivity contribution is 5.94. The van der Waals surface area contributed by atoms with Crippen LogP contribution in [0.1, 0.15) is 10.4 Å². The highest BCUT2D eigenvalue weighted by Gasteiger charge is 2.19. The zero-order chi connectivity index (χ0) is 16.1. The van der Waals surface area contributed by atoms with Crippen LogP contribution < -0.4 is 14.2 Å². The molecular formula is C15H13NO6. The van der Waals surface area contributed by atoms with Crippen LogP contribution in [-0.2, 0) is 0 Å². The first-order valence-corrected chi connectivity index (χ1v) is 6.24. The van der Waals surface area contributed by atoms with Crippen molar-refractivity contribution in [3.05, 3.63) is 58.1 Å². The van der Waals surface area contributed by atoms with Gasteiger partial charge >= 0.3 is 5.97 Å². The van der Waals surface area contributed by atoms with E-state index in [1.165, 1.54) is 26.4 Å². The summed E-state index contributed by atoms with van der Waals surface area (Å²) in [7, 11) is 2.89. The van der Waals surface area contributed by atoms with Gasteiger partial charge in [-0.3, -0.25) is 10.1 Å². The Morgan fingerprint density at radius 3 is 2.18 bits per heavy atom. The standard InChI is InChI=1S/C15H13NO6/c1-20-11-4-6-12(7-5-11)22-15(17)13-9-10(16(18)19)3-8-14(13)21-2/h3-9H,1-2H3. The number of hydrogen-bond donors (Lipinski definition) is 0. The molecule has 0 bridgehead atoms. The molecule has 7 nitrogen and oxygen atoms in total. The van der Waals surface area contributed by atoms with Gasteiger partial charge in [-0.25, -0.2) is 4.79 Å². The number of ether oxygens (including phenoxy) is 3. The molecule has 0 fully saturated rings. The average Bonchev–Trinajstić information content (AvgIpc) is 2.54. The maximum atomic E-state index is 12.2. The van der Waals surface area contributed by atoms with Gasteiger partial charge in [0.1, 0.15) is 22.8 Å². The predicted molar refractivity (Wildman–Crippen MR) is 77.6 cm³/mol. The highest BCUT2D eigenvalue weighted by Crippen LogP contribution is 2.26. The van der Waals surface area contributed by atoms with Crippen molar-refractivity contribution in [3.63, 3.8) is 0 Å². The Morgan fingerprint density at radius 2 is 1.64 bits per heavy atom. The lowest BCUT2D eigenvalue weighted by atomic mass is 10.2. The summed E-state index contributed by atoms with van der Waals surface area (Å²) in [4.78, 5) is 22.4. The van der Waals surface area contributed by atoms with E-state index in [-0.39, 0.29) is 17.0 Å². The quantitative estimate of drug-likeness (QED) is 0.365. The molecule has 2 aromatic rings. The topological polar surface area (TPSA) is 87.9 Å². The molecule has 0 saturated heterocycles. The Hall–Kier alpha value is -3.09. The van der Waals surface area contributed by atoms with Crippen LogP contribution >= 0.6 is 0 Å². The average molecular weight is 303 g/mol. The summed E-state index contributed by atoms with van der Waals surface area (Å²) in [5.41, 5.74) is -0.241. The number of nitro groups is 1. The van der Waals surface area contributed by atoms with E-state index < -0.39 is 10.9 Å². The highest BCUT2D eigenvalue weighted by atomic mass is 16.6. The molecule has 0 amide bonds. The summed E-state index contributed by atoms with van der Waals surface area (Å²) >= 11 is 0. The van der Waals surface area contributed by atoms with Crippen molar-refractivity contribution in [1.82, 2.24) is 0 Å². The summed E-state index contributed by atoms with van der Waals surface area (Å²) in [6.07, 6.45) is 0. The Balaban J connectivity index is 2.27. The number of non-ortho nitro benzene ring substituents is 1. The molecule has 22 heavy (non-hydrogen) atoms. The zero-order valence-corrected chi connectivity index (χ0v) is 11.9. The Bertz CT molecular complexity index is 696. The molecule has 0 aliphatic rings. The van der Waals surface area contributed by atoms with Gasteiger partial charge in [-0.1, -0.05) is 0 Å². The first-order valence-electron chi connectivity index (χ1n) is 6.24. The lowest BCUT2D eigenvalue weighted by Crippen LogP contribution is -2.10. The Labute approximate surface area is 126 Å². The van der Waals surface area contributed by atoms with E-state index in [0.717, 1.165) is 6.07 Å². The summed E-state index contributed by atoms with van der Waals surface area (Å²) < 4.78 is 15.2. The first kappa shape index (κ1) is 15.3. The van der Waals surface area contributed by atoms with Crippen LogP contribution in [0.5, 0.6) is 17.2 Å². The fourth-order valence-corrected chi connectivity index (χ4v) is 1.77. The number of nitro benzene ring substituents is 1. The maximum Gasteiger partial charge on any atom is 0.347 e. The van der Waals surface area contributed by atoms with Gasteiger partial charge in [-0.05, 0) is 30.3 Å². The molecular weight excluding hydrogens is 290 g/mol. The largest absolute Gasteiger partial charge is 0.497 e. The number of rotatable bonds is 5. The molecule has 7 heteroatoms. The van der Waals surface area contributed by atoms with Crippen LogP contribution in [0.25, 0.3) is 0 Å². The van der Waals surface area contributed by atoms with E-state index in [4.69, 9.17) is 14.2 Å². The number of methoxy groups -OCH3 is 2. The second kappa shape index (κ2) is 6.57. The summed E-state index contributed by atoms with van der Waals surface area (Å²) in [5.74, 6) is 0.363. The minimum atomic E-state index is -0.745. The molecule has 0 spiro atoms. The third kappa shape index (κ3) is 3.32. The molecule has 0 saturated carbocycles. The second-order valence-electron chi connectivity index (χ2n) is 4.21. The van der Waals surface area contributed by atoms with Crippen molar-refractivity contribution < 1.29 is 23.9 Å². The number of esters is 1. The van der Waals surface area contributed by atoms with Gasteiger partial charge in [-0.15, -0.1) is 0 Å². The Morgan fingerprint density at radius 1 is 1.00 bits per heavy atom.